The quantitative estimate of drug-likeness (QED) is 0.596. The topological polar surface area (TPSA) is 89.3 Å². The fraction of sp³-hybridized carbons (Fsp3) is 0.900. The van der Waals surface area contributed by atoms with Gasteiger partial charge >= 0.3 is 0 Å². The number of hydrogen-bond acceptors (Lipinski definition) is 4. The largest absolute Gasteiger partial charge is 0.355 e. The normalized spacial score (nSPS) is 13.4. The first kappa shape index (κ1) is 15.4. The lowest BCUT2D eigenvalue weighted by Crippen LogP contribution is -2.41. The van der Waals surface area contributed by atoms with Crippen LogP contribution in [0.25, 0.3) is 0 Å². The van der Waals surface area contributed by atoms with Crippen molar-refractivity contribution < 1.29 is 13.2 Å². The number of nitrogens with two attached hydrogens (primary N) is 1. The van der Waals surface area contributed by atoms with Crippen molar-refractivity contribution in [1.82, 2.24) is 5.32 Å². The van der Waals surface area contributed by atoms with Crippen molar-refractivity contribution in [3.8, 4) is 0 Å². The maximum atomic E-state index is 11.4. The predicted molar refractivity (Wildman–Crippen MR) is 64.8 cm³/mol. The zero-order chi connectivity index (χ0) is 12.6. The summed E-state index contributed by atoms with van der Waals surface area (Å²) in [5, 5.41) is 2.64. The summed E-state index contributed by atoms with van der Waals surface area (Å²) in [5.74, 6) is -0.0979. The lowest BCUT2D eigenvalue weighted by atomic mass is 10.1. The zero-order valence-corrected chi connectivity index (χ0v) is 10.8. The molecule has 0 aromatic rings. The highest BCUT2D eigenvalue weighted by atomic mass is 32.2. The van der Waals surface area contributed by atoms with Gasteiger partial charge in [0.25, 0.3) is 0 Å². The molecular formula is C10H22N2O3S. The minimum Gasteiger partial charge on any atom is -0.355 e. The summed E-state index contributed by atoms with van der Waals surface area (Å²) < 4.78 is 21.6. The van der Waals surface area contributed by atoms with Crippen molar-refractivity contribution in [1.29, 1.82) is 0 Å². The Kier molecular flexibility index (Phi) is 7.33. The molecule has 0 aromatic carbocycles. The van der Waals surface area contributed by atoms with E-state index in [4.69, 9.17) is 5.73 Å². The average Bonchev–Trinajstić information content (AvgIpc) is 2.19. The van der Waals surface area contributed by atoms with Crippen LogP contribution in [0.3, 0.4) is 0 Å². The molecule has 5 nitrogen and oxygen atoms in total. The van der Waals surface area contributed by atoms with Gasteiger partial charge in [0, 0.05) is 12.8 Å². The van der Waals surface area contributed by atoms with Gasteiger partial charge in [-0.2, -0.15) is 0 Å². The lowest BCUT2D eigenvalue weighted by molar-refractivity contribution is -0.122. The van der Waals surface area contributed by atoms with Gasteiger partial charge in [-0.25, -0.2) is 8.42 Å². The zero-order valence-electron chi connectivity index (χ0n) is 10.0. The Morgan fingerprint density at radius 3 is 2.50 bits per heavy atom. The molecule has 0 rings (SSSR count). The number of carbonyl (C=O) groups is 1. The Morgan fingerprint density at radius 1 is 1.38 bits per heavy atom. The van der Waals surface area contributed by atoms with E-state index < -0.39 is 15.9 Å². The molecular weight excluding hydrogens is 228 g/mol. The molecule has 0 radical (unpaired) electrons. The second-order valence-electron chi connectivity index (χ2n) is 4.02. The molecule has 1 amide bonds. The number of sulfone groups is 1. The Balaban J connectivity index is 3.65. The molecule has 96 valence electrons. The molecule has 0 fully saturated rings. The molecule has 3 N–H and O–H groups in total. The minimum atomic E-state index is -2.94. The van der Waals surface area contributed by atoms with Gasteiger partial charge in [-0.05, 0) is 12.8 Å². The van der Waals surface area contributed by atoms with Gasteiger partial charge < -0.3 is 11.1 Å². The van der Waals surface area contributed by atoms with E-state index in [0.29, 0.717) is 19.4 Å². The van der Waals surface area contributed by atoms with E-state index in [1.807, 2.05) is 6.92 Å². The molecule has 1 unspecified atom stereocenters. The summed E-state index contributed by atoms with van der Waals surface area (Å²) in [7, 11) is -2.94. The van der Waals surface area contributed by atoms with Crippen molar-refractivity contribution in [2.45, 2.75) is 38.6 Å². The van der Waals surface area contributed by atoms with E-state index in [-0.39, 0.29) is 11.7 Å². The van der Waals surface area contributed by atoms with Gasteiger partial charge in [0.15, 0.2) is 0 Å². The molecule has 0 bridgehead atoms. The SMILES string of the molecule is CCCCC(N)C(=O)NCCCS(C)(=O)=O. The van der Waals surface area contributed by atoms with Gasteiger partial charge in [0.05, 0.1) is 11.8 Å². The van der Waals surface area contributed by atoms with Gasteiger partial charge in [0.2, 0.25) is 5.91 Å². The molecule has 0 aliphatic heterocycles. The van der Waals surface area contributed by atoms with Crippen LogP contribution in [-0.2, 0) is 14.6 Å². The second-order valence-corrected chi connectivity index (χ2v) is 6.28. The summed E-state index contributed by atoms with van der Waals surface area (Å²) in [5.41, 5.74) is 5.64. The highest BCUT2D eigenvalue weighted by Gasteiger charge is 2.11. The third kappa shape index (κ3) is 8.67. The number of unbranched alkanes of at least 4 members (excludes halogenated alkanes) is 1. The molecule has 0 aromatic heterocycles. The third-order valence-electron chi connectivity index (χ3n) is 2.20. The lowest BCUT2D eigenvalue weighted by Gasteiger charge is -2.11. The number of amides is 1. The monoisotopic (exact) mass is 250 g/mol. The third-order valence-corrected chi connectivity index (χ3v) is 3.23. The fourth-order valence-electron chi connectivity index (χ4n) is 1.23. The fourth-order valence-corrected chi connectivity index (χ4v) is 1.90. The van der Waals surface area contributed by atoms with E-state index in [0.717, 1.165) is 12.8 Å². The molecule has 6 heteroatoms. The molecule has 0 spiro atoms. The Morgan fingerprint density at radius 2 is 2.00 bits per heavy atom. The van der Waals surface area contributed by atoms with E-state index in [2.05, 4.69) is 5.32 Å². The summed E-state index contributed by atoms with van der Waals surface area (Å²) in [6.07, 6.45) is 4.23. The van der Waals surface area contributed by atoms with E-state index in [1.165, 1.54) is 6.26 Å². The summed E-state index contributed by atoms with van der Waals surface area (Å²) in [4.78, 5) is 11.4. The Bertz CT molecular complexity index is 301. The van der Waals surface area contributed by atoms with Crippen LogP contribution in [0.5, 0.6) is 0 Å². The van der Waals surface area contributed by atoms with Gasteiger partial charge in [-0.15, -0.1) is 0 Å². The molecule has 0 saturated carbocycles. The van der Waals surface area contributed by atoms with Crippen LogP contribution in [0, 0.1) is 0 Å². The first-order valence-electron chi connectivity index (χ1n) is 5.58. The maximum Gasteiger partial charge on any atom is 0.236 e. The van der Waals surface area contributed by atoms with Crippen molar-refractivity contribution in [2.24, 2.45) is 5.73 Å². The summed E-state index contributed by atoms with van der Waals surface area (Å²) in [6, 6.07) is -0.474. The minimum absolute atomic E-state index is 0.0947. The van der Waals surface area contributed by atoms with Crippen molar-refractivity contribution >= 4 is 15.7 Å². The van der Waals surface area contributed by atoms with Crippen molar-refractivity contribution in [2.75, 3.05) is 18.6 Å². The van der Waals surface area contributed by atoms with Crippen LogP contribution in [0.2, 0.25) is 0 Å². The standard InChI is InChI=1S/C10H22N2O3S/c1-3-4-6-9(11)10(13)12-7-5-8-16(2,14)15/h9H,3-8,11H2,1-2H3,(H,12,13). The highest BCUT2D eigenvalue weighted by Crippen LogP contribution is 1.98. The number of carbonyl (C=O) groups excluding carboxylic acids is 1. The van der Waals surface area contributed by atoms with E-state index in [1.54, 1.807) is 0 Å². The molecule has 16 heavy (non-hydrogen) atoms. The average molecular weight is 250 g/mol. The van der Waals surface area contributed by atoms with Crippen LogP contribution in [0.1, 0.15) is 32.6 Å². The molecule has 1 atom stereocenters. The van der Waals surface area contributed by atoms with Crippen LogP contribution in [0.4, 0.5) is 0 Å². The number of rotatable bonds is 8. The van der Waals surface area contributed by atoms with Crippen molar-refractivity contribution in [3.63, 3.8) is 0 Å². The number of nitrogens with one attached hydrogen (secondary N) is 1. The molecule has 0 saturated heterocycles. The molecule has 0 heterocycles. The van der Waals surface area contributed by atoms with Crippen molar-refractivity contribution in [3.05, 3.63) is 0 Å². The smallest absolute Gasteiger partial charge is 0.236 e. The Hall–Kier alpha value is -0.620. The van der Waals surface area contributed by atoms with Crippen LogP contribution in [-0.4, -0.2) is 38.9 Å². The van der Waals surface area contributed by atoms with Gasteiger partial charge in [-0.3, -0.25) is 4.79 Å². The van der Waals surface area contributed by atoms with Crippen LogP contribution >= 0.6 is 0 Å². The van der Waals surface area contributed by atoms with Crippen LogP contribution < -0.4 is 11.1 Å². The van der Waals surface area contributed by atoms with E-state index >= 15 is 0 Å². The Labute approximate surface area is 97.7 Å². The van der Waals surface area contributed by atoms with E-state index in [9.17, 15) is 13.2 Å². The predicted octanol–water partition coefficient (Wildman–Crippen LogP) is 0.0548. The van der Waals surface area contributed by atoms with Gasteiger partial charge in [-0.1, -0.05) is 19.8 Å². The van der Waals surface area contributed by atoms with Gasteiger partial charge in [0.1, 0.15) is 9.84 Å². The summed E-state index contributed by atoms with van der Waals surface area (Å²) in [6.45, 7) is 2.41. The first-order chi connectivity index (χ1) is 7.37. The maximum absolute atomic E-state index is 11.4. The van der Waals surface area contributed by atoms with Crippen LogP contribution in [0.15, 0.2) is 0 Å². The molecule has 0 aliphatic rings. The highest BCUT2D eigenvalue weighted by molar-refractivity contribution is 7.90. The second kappa shape index (κ2) is 7.62. The molecule has 0 aliphatic carbocycles. The first-order valence-corrected chi connectivity index (χ1v) is 7.64. The summed E-state index contributed by atoms with van der Waals surface area (Å²) >= 11 is 0. The number of hydrogen-bond donors (Lipinski definition) is 2.